The summed E-state index contributed by atoms with van der Waals surface area (Å²) >= 11 is 3.33. The van der Waals surface area contributed by atoms with Gasteiger partial charge in [-0.05, 0) is 42.5 Å². The minimum atomic E-state index is 0.104. The van der Waals surface area contributed by atoms with E-state index in [1.165, 1.54) is 15.3 Å². The highest BCUT2D eigenvalue weighted by molar-refractivity contribution is 7.11. The molecule has 30 heavy (non-hydrogen) atoms. The Bertz CT molecular complexity index is 1070. The maximum atomic E-state index is 13.0. The van der Waals surface area contributed by atoms with Gasteiger partial charge in [0.05, 0.1) is 6.54 Å². The third-order valence-electron chi connectivity index (χ3n) is 4.81. The number of carbonyl (C=O) groups is 1. The van der Waals surface area contributed by atoms with Crippen molar-refractivity contribution in [2.24, 2.45) is 0 Å². The lowest BCUT2D eigenvalue weighted by molar-refractivity contribution is -0.131. The van der Waals surface area contributed by atoms with E-state index in [0.29, 0.717) is 37.6 Å². The van der Waals surface area contributed by atoms with E-state index in [0.717, 1.165) is 12.0 Å². The van der Waals surface area contributed by atoms with Crippen molar-refractivity contribution in [3.05, 3.63) is 80.5 Å². The van der Waals surface area contributed by atoms with E-state index >= 15 is 0 Å². The van der Waals surface area contributed by atoms with Gasteiger partial charge in [0.2, 0.25) is 17.6 Å². The molecule has 7 heteroatoms. The summed E-state index contributed by atoms with van der Waals surface area (Å²) in [5.41, 5.74) is 2.17. The molecule has 154 valence electrons. The fraction of sp³-hybridized carbons (Fsp3) is 0.261. The molecule has 0 saturated carbocycles. The summed E-state index contributed by atoms with van der Waals surface area (Å²) in [6.07, 6.45) is 1.63. The third kappa shape index (κ3) is 5.43. The van der Waals surface area contributed by atoms with E-state index in [2.05, 4.69) is 41.3 Å². The standard InChI is InChI=1S/C23H23N3O2S2/c1-17-7-8-20(30-17)15-26(13-11-18-5-3-2-4-6-18)22(27)10-9-21-24-23(25-28-21)19-12-14-29-16-19/h2-8,12,14,16H,9-11,13,15H2,1H3. The quantitative estimate of drug-likeness (QED) is 0.353. The lowest BCUT2D eigenvalue weighted by Crippen LogP contribution is -2.32. The van der Waals surface area contributed by atoms with Gasteiger partial charge in [-0.15, -0.1) is 11.3 Å². The van der Waals surface area contributed by atoms with Crippen LogP contribution in [-0.2, 0) is 24.2 Å². The fourth-order valence-corrected chi connectivity index (χ4v) is 4.74. The van der Waals surface area contributed by atoms with E-state index in [9.17, 15) is 4.79 Å². The van der Waals surface area contributed by atoms with E-state index in [4.69, 9.17) is 4.52 Å². The molecule has 3 heterocycles. The number of hydrogen-bond acceptors (Lipinski definition) is 6. The molecule has 0 radical (unpaired) electrons. The Hall–Kier alpha value is -2.77. The van der Waals surface area contributed by atoms with E-state index in [-0.39, 0.29) is 5.91 Å². The molecule has 0 aliphatic carbocycles. The first kappa shape index (κ1) is 20.5. The van der Waals surface area contributed by atoms with Crippen LogP contribution >= 0.6 is 22.7 Å². The first-order chi connectivity index (χ1) is 14.7. The number of aryl methyl sites for hydroxylation is 2. The smallest absolute Gasteiger partial charge is 0.227 e. The second-order valence-electron chi connectivity index (χ2n) is 7.09. The molecule has 0 N–H and O–H groups in total. The predicted molar refractivity (Wildman–Crippen MR) is 121 cm³/mol. The van der Waals surface area contributed by atoms with Gasteiger partial charge in [0.15, 0.2) is 0 Å². The average molecular weight is 438 g/mol. The molecule has 4 aromatic rings. The minimum Gasteiger partial charge on any atom is -0.339 e. The average Bonchev–Trinajstić information content (AvgIpc) is 3.52. The number of benzene rings is 1. The van der Waals surface area contributed by atoms with Crippen molar-refractivity contribution < 1.29 is 9.32 Å². The van der Waals surface area contributed by atoms with Gasteiger partial charge in [-0.3, -0.25) is 4.79 Å². The number of carbonyl (C=O) groups excluding carboxylic acids is 1. The molecular formula is C23H23N3O2S2. The van der Waals surface area contributed by atoms with Crippen molar-refractivity contribution in [3.63, 3.8) is 0 Å². The lowest BCUT2D eigenvalue weighted by atomic mass is 10.1. The molecule has 0 atom stereocenters. The molecule has 0 aliphatic heterocycles. The first-order valence-electron chi connectivity index (χ1n) is 9.89. The van der Waals surface area contributed by atoms with Crippen LogP contribution in [0.15, 0.2) is 63.8 Å². The largest absolute Gasteiger partial charge is 0.339 e. The van der Waals surface area contributed by atoms with Crippen molar-refractivity contribution in [1.29, 1.82) is 0 Å². The minimum absolute atomic E-state index is 0.104. The predicted octanol–water partition coefficient (Wildman–Crippen LogP) is 5.37. The molecule has 5 nitrogen and oxygen atoms in total. The summed E-state index contributed by atoms with van der Waals surface area (Å²) < 4.78 is 5.34. The normalized spacial score (nSPS) is 11.0. The molecule has 1 aromatic carbocycles. The van der Waals surface area contributed by atoms with Crippen LogP contribution in [0.3, 0.4) is 0 Å². The van der Waals surface area contributed by atoms with Crippen LogP contribution < -0.4 is 0 Å². The highest BCUT2D eigenvalue weighted by Gasteiger charge is 2.17. The number of rotatable bonds is 9. The highest BCUT2D eigenvalue weighted by atomic mass is 32.1. The first-order valence-corrected chi connectivity index (χ1v) is 11.7. The zero-order chi connectivity index (χ0) is 20.8. The second-order valence-corrected chi connectivity index (χ2v) is 9.24. The number of aromatic nitrogens is 2. The van der Waals surface area contributed by atoms with Crippen molar-refractivity contribution in [2.75, 3.05) is 6.54 Å². The second kappa shape index (κ2) is 9.82. The summed E-state index contributed by atoms with van der Waals surface area (Å²) in [7, 11) is 0. The van der Waals surface area contributed by atoms with Crippen LogP contribution in [0.1, 0.15) is 27.6 Å². The van der Waals surface area contributed by atoms with Crippen molar-refractivity contribution in [2.45, 2.75) is 32.7 Å². The fourth-order valence-electron chi connectivity index (χ4n) is 3.20. The zero-order valence-corrected chi connectivity index (χ0v) is 18.4. The van der Waals surface area contributed by atoms with E-state index < -0.39 is 0 Å². The van der Waals surface area contributed by atoms with E-state index in [1.807, 2.05) is 39.9 Å². The lowest BCUT2D eigenvalue weighted by Gasteiger charge is -2.22. The van der Waals surface area contributed by atoms with Gasteiger partial charge in [0, 0.05) is 40.1 Å². The number of amides is 1. The summed E-state index contributed by atoms with van der Waals surface area (Å²) in [6.45, 7) is 3.41. The van der Waals surface area contributed by atoms with Gasteiger partial charge in [-0.2, -0.15) is 16.3 Å². The molecule has 0 aliphatic rings. The van der Waals surface area contributed by atoms with Crippen LogP contribution in [0.2, 0.25) is 0 Å². The summed E-state index contributed by atoms with van der Waals surface area (Å²) in [5.74, 6) is 1.18. The van der Waals surface area contributed by atoms with Crippen molar-refractivity contribution in [1.82, 2.24) is 15.0 Å². The Morgan fingerprint density at radius 1 is 1.10 bits per heavy atom. The summed E-state index contributed by atoms with van der Waals surface area (Å²) in [6, 6.07) is 16.4. The molecule has 0 bridgehead atoms. The summed E-state index contributed by atoms with van der Waals surface area (Å²) in [5, 5.41) is 7.98. The number of thiophene rings is 2. The molecule has 4 rings (SSSR count). The monoisotopic (exact) mass is 437 g/mol. The van der Waals surface area contributed by atoms with Crippen LogP contribution in [0, 0.1) is 6.92 Å². The van der Waals surface area contributed by atoms with E-state index in [1.54, 1.807) is 22.7 Å². The van der Waals surface area contributed by atoms with Crippen LogP contribution in [-0.4, -0.2) is 27.5 Å². The SMILES string of the molecule is Cc1ccc(CN(CCc2ccccc2)C(=O)CCc2nc(-c3ccsc3)no2)s1. The Balaban J connectivity index is 1.39. The topological polar surface area (TPSA) is 59.2 Å². The van der Waals surface area contributed by atoms with Crippen molar-refractivity contribution in [3.8, 4) is 11.4 Å². The highest BCUT2D eigenvalue weighted by Crippen LogP contribution is 2.20. The number of nitrogens with zero attached hydrogens (tertiary/aromatic N) is 3. The Kier molecular flexibility index (Phi) is 6.71. The van der Waals surface area contributed by atoms with Gasteiger partial charge in [-0.25, -0.2) is 0 Å². The van der Waals surface area contributed by atoms with Gasteiger partial charge in [0.1, 0.15) is 0 Å². The Labute approximate surface area is 184 Å². The molecule has 0 spiro atoms. The molecule has 3 aromatic heterocycles. The number of hydrogen-bond donors (Lipinski definition) is 0. The van der Waals surface area contributed by atoms with Crippen LogP contribution in [0.5, 0.6) is 0 Å². The van der Waals surface area contributed by atoms with Crippen LogP contribution in [0.25, 0.3) is 11.4 Å². The van der Waals surface area contributed by atoms with Gasteiger partial charge in [-0.1, -0.05) is 35.5 Å². The van der Waals surface area contributed by atoms with Gasteiger partial charge >= 0.3 is 0 Å². The maximum absolute atomic E-state index is 13.0. The molecule has 1 amide bonds. The molecule has 0 unspecified atom stereocenters. The Morgan fingerprint density at radius 2 is 1.97 bits per heavy atom. The molecular weight excluding hydrogens is 414 g/mol. The van der Waals surface area contributed by atoms with Crippen molar-refractivity contribution >= 4 is 28.6 Å². The Morgan fingerprint density at radius 3 is 2.70 bits per heavy atom. The van der Waals surface area contributed by atoms with Gasteiger partial charge < -0.3 is 9.42 Å². The zero-order valence-electron chi connectivity index (χ0n) is 16.8. The molecule has 0 fully saturated rings. The van der Waals surface area contributed by atoms with Gasteiger partial charge in [0.25, 0.3) is 0 Å². The third-order valence-corrected chi connectivity index (χ3v) is 6.48. The molecule has 0 saturated heterocycles. The van der Waals surface area contributed by atoms with Crippen LogP contribution in [0.4, 0.5) is 0 Å². The summed E-state index contributed by atoms with van der Waals surface area (Å²) in [4.78, 5) is 21.8. The maximum Gasteiger partial charge on any atom is 0.227 e.